The number of rotatable bonds is 8. The highest BCUT2D eigenvalue weighted by Gasteiger charge is 2.17. The van der Waals surface area contributed by atoms with Crippen LogP contribution in [0.15, 0.2) is 30.6 Å². The Morgan fingerprint density at radius 2 is 1.79 bits per heavy atom. The van der Waals surface area contributed by atoms with Gasteiger partial charge in [-0.1, -0.05) is 53.9 Å². The van der Waals surface area contributed by atoms with Gasteiger partial charge in [0.05, 0.1) is 5.52 Å². The Morgan fingerprint density at radius 3 is 2.24 bits per heavy atom. The molecule has 3 rings (SSSR count). The lowest BCUT2D eigenvalue weighted by atomic mass is 9.91. The van der Waals surface area contributed by atoms with Crippen LogP contribution in [-0.4, -0.2) is 50.6 Å². The van der Waals surface area contributed by atoms with Crippen molar-refractivity contribution in [1.82, 2.24) is 19.4 Å². The van der Waals surface area contributed by atoms with Crippen molar-refractivity contribution in [2.45, 2.75) is 93.6 Å². The molecule has 0 aliphatic heterocycles. The lowest BCUT2D eigenvalue weighted by molar-refractivity contribution is 0.0939. The molecule has 212 valence electrons. The van der Waals surface area contributed by atoms with Crippen LogP contribution in [0.1, 0.15) is 95.5 Å². The predicted octanol–water partition coefficient (Wildman–Crippen LogP) is 7.70. The van der Waals surface area contributed by atoms with Crippen molar-refractivity contribution in [3.63, 3.8) is 0 Å². The summed E-state index contributed by atoms with van der Waals surface area (Å²) in [5, 5.41) is 9.03. The summed E-state index contributed by atoms with van der Waals surface area (Å²) in [6.07, 6.45) is 9.73. The summed E-state index contributed by atoms with van der Waals surface area (Å²) in [4.78, 5) is 30.0. The van der Waals surface area contributed by atoms with Gasteiger partial charge in [-0.3, -0.25) is 9.36 Å². The number of hydrogen-bond donors (Lipinski definition) is 2. The number of H-pyrrole nitrogens is 1. The molecule has 0 atom stereocenters. The number of aromatic nitrogens is 3. The Morgan fingerprint density at radius 1 is 1.13 bits per heavy atom. The van der Waals surface area contributed by atoms with Crippen LogP contribution in [0, 0.1) is 12.3 Å². The van der Waals surface area contributed by atoms with E-state index in [4.69, 9.17) is 9.84 Å². The number of aryl methyl sites for hydroxylation is 1. The zero-order chi connectivity index (χ0) is 28.9. The number of imidazole rings is 1. The summed E-state index contributed by atoms with van der Waals surface area (Å²) >= 11 is 0. The van der Waals surface area contributed by atoms with E-state index in [1.807, 2.05) is 29.7 Å². The fourth-order valence-electron chi connectivity index (χ4n) is 4.10. The molecule has 8 heteroatoms. The summed E-state index contributed by atoms with van der Waals surface area (Å²) in [6, 6.07) is 5.94. The summed E-state index contributed by atoms with van der Waals surface area (Å²) in [7, 11) is 2.95. The summed E-state index contributed by atoms with van der Waals surface area (Å²) in [6.45, 7) is 15.3. The molecule has 3 aromatic rings. The first-order chi connectivity index (χ1) is 17.8. The fraction of sp³-hybridized carbons (Fsp3) is 0.567. The molecule has 0 aliphatic rings. The minimum Gasteiger partial charge on any atom is -0.486 e. The molecule has 0 aliphatic carbocycles. The van der Waals surface area contributed by atoms with Crippen LogP contribution < -0.4 is 4.74 Å². The number of fused-ring (bicyclic) bond motifs is 1. The third-order valence-corrected chi connectivity index (χ3v) is 5.96. The van der Waals surface area contributed by atoms with Gasteiger partial charge in [0.2, 0.25) is 5.91 Å². The van der Waals surface area contributed by atoms with Crippen LogP contribution in [0.25, 0.3) is 10.9 Å². The number of carbonyl (C=O) groups is 2. The summed E-state index contributed by atoms with van der Waals surface area (Å²) < 4.78 is 7.67. The van der Waals surface area contributed by atoms with E-state index in [0.717, 1.165) is 45.9 Å². The topological polar surface area (TPSA) is 100 Å². The highest BCUT2D eigenvalue weighted by atomic mass is 16.5. The van der Waals surface area contributed by atoms with Crippen molar-refractivity contribution in [1.29, 1.82) is 0 Å². The number of aromatic amines is 1. The highest BCUT2D eigenvalue weighted by Crippen LogP contribution is 2.31. The number of benzene rings is 1. The molecule has 2 N–H and O–H groups in total. The van der Waals surface area contributed by atoms with E-state index in [9.17, 15) is 9.59 Å². The van der Waals surface area contributed by atoms with Crippen LogP contribution in [0.2, 0.25) is 0 Å². The van der Waals surface area contributed by atoms with E-state index in [1.54, 1.807) is 19.3 Å². The zero-order valence-electron chi connectivity index (χ0n) is 24.9. The zero-order valence-corrected chi connectivity index (χ0v) is 24.9. The van der Waals surface area contributed by atoms with Crippen molar-refractivity contribution >= 4 is 22.9 Å². The lowest BCUT2D eigenvalue weighted by Gasteiger charge is -2.15. The molecule has 1 aromatic carbocycles. The third-order valence-electron chi connectivity index (χ3n) is 5.96. The van der Waals surface area contributed by atoms with Gasteiger partial charge in [0, 0.05) is 44.5 Å². The normalized spacial score (nSPS) is 10.8. The number of carbonyl (C=O) groups excluding carboxylic acids is 1. The SMILES string of the molecule is CCCC(C)(C)C.CCCCCc1c(C)n(C(C)=O)c2ccc(OCc3ncc[nH]3)cc12.CN(C)C(=O)O. The standard InChI is InChI=1S/C20H25N3O2.C7H16.C3H7NO2/c1-4-5-6-7-17-14(2)23(15(3)24)19-9-8-16(12-18(17)19)25-13-20-21-10-11-22-20;1-5-6-7(2,3)4;1-4(2)3(5)6/h8-12H,4-7,13H2,1-3H3,(H,21,22);5-6H2,1-4H3;1-2H3,(H,5,6). The van der Waals surface area contributed by atoms with Crippen LogP contribution in [0.5, 0.6) is 5.75 Å². The average molecular weight is 529 g/mol. The van der Waals surface area contributed by atoms with Crippen molar-refractivity contribution in [2.24, 2.45) is 5.41 Å². The quantitative estimate of drug-likeness (QED) is 0.292. The second-order valence-electron chi connectivity index (χ2n) is 10.9. The smallest absolute Gasteiger partial charge is 0.406 e. The van der Waals surface area contributed by atoms with E-state index in [-0.39, 0.29) is 5.91 Å². The largest absolute Gasteiger partial charge is 0.486 e. The molecule has 8 nitrogen and oxygen atoms in total. The first-order valence-corrected chi connectivity index (χ1v) is 13.5. The van der Waals surface area contributed by atoms with Crippen LogP contribution in [0.3, 0.4) is 0 Å². The molecule has 1 amide bonds. The maximum atomic E-state index is 12.1. The maximum Gasteiger partial charge on any atom is 0.406 e. The van der Waals surface area contributed by atoms with Gasteiger partial charge in [0.15, 0.2) is 0 Å². The van der Waals surface area contributed by atoms with E-state index in [0.29, 0.717) is 12.0 Å². The van der Waals surface area contributed by atoms with Gasteiger partial charge >= 0.3 is 6.09 Å². The Balaban J connectivity index is 0.000000461. The van der Waals surface area contributed by atoms with Crippen molar-refractivity contribution in [3.8, 4) is 5.75 Å². The molecule has 0 bridgehead atoms. The van der Waals surface area contributed by atoms with Crippen LogP contribution in [0.4, 0.5) is 4.79 Å². The average Bonchev–Trinajstić information content (AvgIpc) is 3.44. The number of nitrogens with zero attached hydrogens (tertiary/aromatic N) is 3. The van der Waals surface area contributed by atoms with E-state index >= 15 is 0 Å². The van der Waals surface area contributed by atoms with E-state index in [2.05, 4.69) is 44.6 Å². The Bertz CT molecular complexity index is 1130. The molecule has 0 spiro atoms. The Kier molecular flexibility index (Phi) is 13.7. The van der Waals surface area contributed by atoms with Gasteiger partial charge in [0.1, 0.15) is 18.2 Å². The van der Waals surface area contributed by atoms with Gasteiger partial charge in [-0.2, -0.15) is 0 Å². The lowest BCUT2D eigenvalue weighted by Crippen LogP contribution is -2.18. The van der Waals surface area contributed by atoms with Gasteiger partial charge in [0.25, 0.3) is 0 Å². The Labute approximate surface area is 228 Å². The van der Waals surface area contributed by atoms with Gasteiger partial charge < -0.3 is 19.7 Å². The van der Waals surface area contributed by atoms with E-state index < -0.39 is 6.09 Å². The second-order valence-corrected chi connectivity index (χ2v) is 10.9. The number of hydrogen-bond acceptors (Lipinski definition) is 4. The predicted molar refractivity (Wildman–Crippen MR) is 155 cm³/mol. The van der Waals surface area contributed by atoms with Gasteiger partial charge in [-0.25, -0.2) is 9.78 Å². The molecule has 0 saturated heterocycles. The van der Waals surface area contributed by atoms with Crippen molar-refractivity contribution < 1.29 is 19.4 Å². The number of unbranched alkanes of at least 4 members (excludes halogenated alkanes) is 2. The van der Waals surface area contributed by atoms with Crippen molar-refractivity contribution in [2.75, 3.05) is 14.1 Å². The number of carboxylic acid groups (broad SMARTS) is 1. The molecule has 0 unspecified atom stereocenters. The number of ether oxygens (including phenoxy) is 1. The molecule has 0 fully saturated rings. The number of amides is 1. The first kappa shape index (κ1) is 32.7. The summed E-state index contributed by atoms with van der Waals surface area (Å²) in [5.41, 5.74) is 3.81. The van der Waals surface area contributed by atoms with Gasteiger partial charge in [-0.15, -0.1) is 0 Å². The number of nitrogens with one attached hydrogen (secondary N) is 1. The molecular weight excluding hydrogens is 480 g/mol. The van der Waals surface area contributed by atoms with Crippen molar-refractivity contribution in [3.05, 3.63) is 47.7 Å². The van der Waals surface area contributed by atoms with Crippen LogP contribution in [-0.2, 0) is 13.0 Å². The second kappa shape index (κ2) is 15.8. The monoisotopic (exact) mass is 528 g/mol. The minimum absolute atomic E-state index is 0.0495. The molecule has 0 saturated carbocycles. The van der Waals surface area contributed by atoms with Gasteiger partial charge in [-0.05, 0) is 55.4 Å². The molecular formula is C30H48N4O4. The summed E-state index contributed by atoms with van der Waals surface area (Å²) in [5.74, 6) is 1.63. The fourth-order valence-corrected chi connectivity index (χ4v) is 4.10. The van der Waals surface area contributed by atoms with Crippen LogP contribution >= 0.6 is 0 Å². The minimum atomic E-state index is -0.907. The Hall–Kier alpha value is -3.29. The molecule has 2 heterocycles. The molecule has 38 heavy (non-hydrogen) atoms. The highest BCUT2D eigenvalue weighted by molar-refractivity contribution is 5.95. The third kappa shape index (κ3) is 11.0. The molecule has 2 aromatic heterocycles. The van der Waals surface area contributed by atoms with E-state index in [1.165, 1.54) is 45.3 Å². The first-order valence-electron chi connectivity index (χ1n) is 13.5. The molecule has 0 radical (unpaired) electrons. The maximum absolute atomic E-state index is 12.1.